The number of anilines is 2. The molecule has 0 atom stereocenters. The molecule has 0 amide bonds. The maximum atomic E-state index is 9.03. The van der Waals surface area contributed by atoms with Gasteiger partial charge in [-0.2, -0.15) is 5.26 Å². The van der Waals surface area contributed by atoms with Crippen LogP contribution in [0.1, 0.15) is 22.7 Å². The highest BCUT2D eigenvalue weighted by atomic mass is 79.9. The molecule has 0 aliphatic heterocycles. The van der Waals surface area contributed by atoms with Crippen LogP contribution in [0.2, 0.25) is 0 Å². The first kappa shape index (κ1) is 17.2. The van der Waals surface area contributed by atoms with Gasteiger partial charge in [0.05, 0.1) is 22.1 Å². The highest BCUT2D eigenvalue weighted by molar-refractivity contribution is 9.10. The number of aromatic nitrogens is 2. The lowest BCUT2D eigenvalue weighted by Gasteiger charge is -2.22. The first-order valence-electron chi connectivity index (χ1n) is 7.75. The third kappa shape index (κ3) is 3.15. The Morgan fingerprint density at radius 3 is 2.56 bits per heavy atom. The van der Waals surface area contributed by atoms with E-state index >= 15 is 0 Å². The zero-order chi connectivity index (χ0) is 18.1. The second kappa shape index (κ2) is 6.69. The van der Waals surface area contributed by atoms with Crippen LogP contribution in [-0.2, 0) is 0 Å². The number of nitrogens with zero attached hydrogens (tertiary/aromatic N) is 4. The fourth-order valence-corrected chi connectivity index (χ4v) is 3.28. The third-order valence-electron chi connectivity index (χ3n) is 4.21. The number of rotatable bonds is 3. The molecule has 0 spiro atoms. The second-order valence-corrected chi connectivity index (χ2v) is 6.75. The van der Waals surface area contributed by atoms with Crippen molar-refractivity contribution in [2.24, 2.45) is 0 Å². The fraction of sp³-hybridized carbons (Fsp3) is 0.211. The molecule has 3 rings (SSSR count). The van der Waals surface area contributed by atoms with E-state index in [2.05, 4.69) is 62.2 Å². The highest BCUT2D eigenvalue weighted by Gasteiger charge is 2.15. The van der Waals surface area contributed by atoms with Crippen LogP contribution in [0.3, 0.4) is 0 Å². The van der Waals surface area contributed by atoms with E-state index in [1.54, 1.807) is 6.20 Å². The molecule has 0 aliphatic carbocycles. The Bertz CT molecular complexity index is 968. The Labute approximate surface area is 155 Å². The molecule has 6 heteroatoms. The maximum absolute atomic E-state index is 9.03. The van der Waals surface area contributed by atoms with Crippen LogP contribution in [0, 0.1) is 32.1 Å². The van der Waals surface area contributed by atoms with Crippen LogP contribution < -0.4 is 4.90 Å². The molecule has 0 fully saturated rings. The largest absolute Gasteiger partial charge is 0.361 e. The summed E-state index contributed by atoms with van der Waals surface area (Å²) < 4.78 is 5.98. The summed E-state index contributed by atoms with van der Waals surface area (Å²) in [6.45, 7) is 5.92. The molecule has 0 saturated heterocycles. The van der Waals surface area contributed by atoms with Gasteiger partial charge in [-0.25, -0.2) is 4.98 Å². The average molecular weight is 397 g/mol. The minimum atomic E-state index is 0.373. The van der Waals surface area contributed by atoms with Crippen LogP contribution in [0.5, 0.6) is 0 Å². The Morgan fingerprint density at radius 2 is 1.96 bits per heavy atom. The van der Waals surface area contributed by atoms with Crippen LogP contribution in [0.4, 0.5) is 11.4 Å². The Kier molecular flexibility index (Phi) is 4.60. The summed E-state index contributed by atoms with van der Waals surface area (Å²) in [5, 5.41) is 13.1. The number of halogens is 1. The van der Waals surface area contributed by atoms with E-state index in [1.165, 1.54) is 0 Å². The zero-order valence-electron chi connectivity index (χ0n) is 14.5. The van der Waals surface area contributed by atoms with Gasteiger partial charge in [0.1, 0.15) is 11.8 Å². The zero-order valence-corrected chi connectivity index (χ0v) is 16.0. The monoisotopic (exact) mass is 396 g/mol. The van der Waals surface area contributed by atoms with Gasteiger partial charge in [-0.05, 0) is 60.0 Å². The first-order chi connectivity index (χ1) is 11.9. The van der Waals surface area contributed by atoms with Crippen LogP contribution >= 0.6 is 15.9 Å². The van der Waals surface area contributed by atoms with Gasteiger partial charge < -0.3 is 9.42 Å². The van der Waals surface area contributed by atoms with E-state index < -0.39 is 0 Å². The second-order valence-electron chi connectivity index (χ2n) is 5.90. The Morgan fingerprint density at radius 1 is 1.20 bits per heavy atom. The average Bonchev–Trinajstić information content (AvgIpc) is 2.93. The maximum Gasteiger partial charge on any atom is 0.154 e. The van der Waals surface area contributed by atoms with Gasteiger partial charge in [0, 0.05) is 18.3 Å². The summed E-state index contributed by atoms with van der Waals surface area (Å²) in [7, 11) is 1.98. The minimum Gasteiger partial charge on any atom is -0.361 e. The van der Waals surface area contributed by atoms with Crippen molar-refractivity contribution in [3.05, 3.63) is 57.6 Å². The molecule has 0 saturated carbocycles. The van der Waals surface area contributed by atoms with Crippen molar-refractivity contribution < 1.29 is 4.52 Å². The summed E-state index contributed by atoms with van der Waals surface area (Å²) in [6.07, 6.45) is 1.70. The van der Waals surface area contributed by atoms with Gasteiger partial charge in [0.15, 0.2) is 5.69 Å². The Balaban J connectivity index is 2.06. The smallest absolute Gasteiger partial charge is 0.154 e. The summed E-state index contributed by atoms with van der Waals surface area (Å²) in [5.41, 5.74) is 6.41. The van der Waals surface area contributed by atoms with Crippen molar-refractivity contribution in [3.63, 3.8) is 0 Å². The third-order valence-corrected chi connectivity index (χ3v) is 4.82. The van der Waals surface area contributed by atoms with Crippen molar-refractivity contribution in [1.82, 2.24) is 10.1 Å². The van der Waals surface area contributed by atoms with Gasteiger partial charge in [0.2, 0.25) is 0 Å². The number of hydrogen-bond acceptors (Lipinski definition) is 5. The molecule has 2 aromatic heterocycles. The molecule has 25 heavy (non-hydrogen) atoms. The molecule has 2 heterocycles. The van der Waals surface area contributed by atoms with E-state index in [1.807, 2.05) is 27.0 Å². The van der Waals surface area contributed by atoms with Gasteiger partial charge in [0.25, 0.3) is 0 Å². The van der Waals surface area contributed by atoms with E-state index in [0.717, 1.165) is 39.5 Å². The Hall–Kier alpha value is -2.65. The minimum absolute atomic E-state index is 0.373. The predicted octanol–water partition coefficient (Wildman–Crippen LogP) is 5.06. The fourth-order valence-electron chi connectivity index (χ4n) is 2.85. The number of aryl methyl sites for hydroxylation is 3. The summed E-state index contributed by atoms with van der Waals surface area (Å²) in [5.74, 6) is 0.803. The molecule has 0 N–H and O–H groups in total. The topological polar surface area (TPSA) is 66.0 Å². The lowest BCUT2D eigenvalue weighted by molar-refractivity contribution is 0.393. The van der Waals surface area contributed by atoms with E-state index in [4.69, 9.17) is 9.78 Å². The number of benzene rings is 1. The van der Waals surface area contributed by atoms with Gasteiger partial charge in [-0.1, -0.05) is 17.3 Å². The molecule has 0 unspecified atom stereocenters. The molecule has 1 aromatic carbocycles. The number of nitriles is 1. The number of hydrogen-bond donors (Lipinski definition) is 0. The van der Waals surface area contributed by atoms with Gasteiger partial charge >= 0.3 is 0 Å². The molecule has 0 bridgehead atoms. The summed E-state index contributed by atoms with van der Waals surface area (Å²) in [4.78, 5) is 6.25. The van der Waals surface area contributed by atoms with Crippen molar-refractivity contribution in [3.8, 4) is 17.2 Å². The van der Waals surface area contributed by atoms with E-state index in [9.17, 15) is 0 Å². The number of pyridine rings is 1. The quantitative estimate of drug-likeness (QED) is 0.618. The summed E-state index contributed by atoms with van der Waals surface area (Å²) in [6, 6.07) is 10.2. The molecule has 126 valence electrons. The molecular weight excluding hydrogens is 380 g/mol. The summed E-state index contributed by atoms with van der Waals surface area (Å²) >= 11 is 3.40. The van der Waals surface area contributed by atoms with Crippen molar-refractivity contribution in [2.45, 2.75) is 20.8 Å². The van der Waals surface area contributed by atoms with Crippen LogP contribution in [-0.4, -0.2) is 17.2 Å². The molecule has 5 nitrogen and oxygen atoms in total. The van der Waals surface area contributed by atoms with E-state index in [-0.39, 0.29) is 0 Å². The van der Waals surface area contributed by atoms with E-state index in [0.29, 0.717) is 10.2 Å². The van der Waals surface area contributed by atoms with Gasteiger partial charge in [-0.15, -0.1) is 0 Å². The standard InChI is InChI=1S/C19H17BrN4O/c1-11-5-6-14(19-12(2)23-25-13(19)3)7-18(11)24(4)15-8-16(20)17(9-21)22-10-15/h5-8,10H,1-4H3. The van der Waals surface area contributed by atoms with Crippen molar-refractivity contribution in [2.75, 3.05) is 11.9 Å². The SMILES string of the molecule is Cc1ccc(-c2c(C)noc2C)cc1N(C)c1cnc(C#N)c(Br)c1. The normalized spacial score (nSPS) is 10.6. The molecule has 0 radical (unpaired) electrons. The molecular formula is C19H17BrN4O. The highest BCUT2D eigenvalue weighted by Crippen LogP contribution is 2.34. The predicted molar refractivity (Wildman–Crippen MR) is 101 cm³/mol. The van der Waals surface area contributed by atoms with Gasteiger partial charge in [-0.3, -0.25) is 0 Å². The molecule has 0 aliphatic rings. The molecule has 3 aromatic rings. The lowest BCUT2D eigenvalue weighted by Crippen LogP contribution is -2.11. The van der Waals surface area contributed by atoms with Crippen LogP contribution in [0.15, 0.2) is 39.5 Å². The van der Waals surface area contributed by atoms with Crippen molar-refractivity contribution in [1.29, 1.82) is 5.26 Å². The first-order valence-corrected chi connectivity index (χ1v) is 8.55. The lowest BCUT2D eigenvalue weighted by atomic mass is 10.0. The van der Waals surface area contributed by atoms with Crippen LogP contribution in [0.25, 0.3) is 11.1 Å². The van der Waals surface area contributed by atoms with Crippen molar-refractivity contribution >= 4 is 27.3 Å².